The number of rotatable bonds is 9. The molecule has 2 rings (SSSR count). The number of amides is 2. The van der Waals surface area contributed by atoms with Crippen LogP contribution >= 0.6 is 0 Å². The van der Waals surface area contributed by atoms with Gasteiger partial charge in [0.25, 0.3) is 5.91 Å². The molecule has 2 aromatic rings. The zero-order valence-corrected chi connectivity index (χ0v) is 15.8. The van der Waals surface area contributed by atoms with Crippen LogP contribution in [0.2, 0.25) is 0 Å². The van der Waals surface area contributed by atoms with Gasteiger partial charge in [-0.05, 0) is 44.3 Å². The van der Waals surface area contributed by atoms with Gasteiger partial charge < -0.3 is 15.5 Å². The molecule has 0 spiro atoms. The zero-order chi connectivity index (χ0) is 19.6. The Morgan fingerprint density at radius 3 is 2.44 bits per heavy atom. The minimum Gasteiger partial charge on any atom is -0.352 e. The molecule has 0 saturated carbocycles. The lowest BCUT2D eigenvalue weighted by Gasteiger charge is -2.12. The first-order chi connectivity index (χ1) is 13.0. The van der Waals surface area contributed by atoms with E-state index in [9.17, 15) is 14.0 Å². The molecule has 5 nitrogen and oxygen atoms in total. The van der Waals surface area contributed by atoms with Crippen LogP contribution < -0.4 is 10.6 Å². The summed E-state index contributed by atoms with van der Waals surface area (Å²) >= 11 is 0. The number of halogens is 1. The van der Waals surface area contributed by atoms with Gasteiger partial charge >= 0.3 is 0 Å². The molecule has 0 heterocycles. The number of nitrogens with zero attached hydrogens (tertiary/aromatic N) is 1. The molecule has 0 fully saturated rings. The number of carbonyl (C=O) groups is 2. The van der Waals surface area contributed by atoms with Crippen LogP contribution in [0.15, 0.2) is 48.5 Å². The van der Waals surface area contributed by atoms with E-state index in [-0.39, 0.29) is 24.2 Å². The third-order valence-corrected chi connectivity index (χ3v) is 4.00. The van der Waals surface area contributed by atoms with Crippen LogP contribution in [0, 0.1) is 5.82 Å². The van der Waals surface area contributed by atoms with E-state index < -0.39 is 0 Å². The Bertz CT molecular complexity index is 763. The van der Waals surface area contributed by atoms with Crippen molar-refractivity contribution in [1.29, 1.82) is 0 Å². The minimum atomic E-state index is -0.265. The van der Waals surface area contributed by atoms with E-state index in [1.165, 1.54) is 6.07 Å². The third kappa shape index (κ3) is 7.19. The van der Waals surface area contributed by atoms with E-state index in [4.69, 9.17) is 0 Å². The highest BCUT2D eigenvalue weighted by atomic mass is 19.1. The summed E-state index contributed by atoms with van der Waals surface area (Å²) in [5.74, 6) is -0.537. The van der Waals surface area contributed by atoms with Crippen LogP contribution in [0.25, 0.3) is 0 Å². The fraction of sp³-hybridized carbons (Fsp3) is 0.333. The summed E-state index contributed by atoms with van der Waals surface area (Å²) in [5.41, 5.74) is 1.95. The van der Waals surface area contributed by atoms with E-state index in [0.29, 0.717) is 37.1 Å². The summed E-state index contributed by atoms with van der Waals surface area (Å²) < 4.78 is 14.0. The van der Waals surface area contributed by atoms with Gasteiger partial charge in [-0.2, -0.15) is 0 Å². The Morgan fingerprint density at radius 1 is 1.04 bits per heavy atom. The molecule has 0 saturated heterocycles. The molecule has 0 atom stereocenters. The van der Waals surface area contributed by atoms with Crippen LogP contribution in [0.1, 0.15) is 34.3 Å². The van der Waals surface area contributed by atoms with Crippen LogP contribution in [0.4, 0.5) is 4.39 Å². The topological polar surface area (TPSA) is 61.4 Å². The highest BCUT2D eigenvalue weighted by Gasteiger charge is 2.07. The second-order valence-corrected chi connectivity index (χ2v) is 6.67. The van der Waals surface area contributed by atoms with E-state index >= 15 is 0 Å². The summed E-state index contributed by atoms with van der Waals surface area (Å²) in [5, 5.41) is 5.56. The van der Waals surface area contributed by atoms with Crippen LogP contribution in [-0.4, -0.2) is 37.4 Å². The number of hydrogen-bond acceptors (Lipinski definition) is 3. The molecule has 6 heteroatoms. The molecule has 0 aromatic heterocycles. The van der Waals surface area contributed by atoms with Crippen molar-refractivity contribution in [3.63, 3.8) is 0 Å². The fourth-order valence-corrected chi connectivity index (χ4v) is 2.60. The van der Waals surface area contributed by atoms with Crippen molar-refractivity contribution in [3.05, 3.63) is 71.0 Å². The fourth-order valence-electron chi connectivity index (χ4n) is 2.60. The number of carbonyl (C=O) groups excluding carboxylic acids is 2. The molecular weight excluding hydrogens is 345 g/mol. The molecule has 2 aromatic carbocycles. The normalized spacial score (nSPS) is 10.7. The predicted octanol–water partition coefficient (Wildman–Crippen LogP) is 2.71. The van der Waals surface area contributed by atoms with Crippen molar-refractivity contribution in [2.75, 3.05) is 20.6 Å². The second kappa shape index (κ2) is 10.4. The zero-order valence-electron chi connectivity index (χ0n) is 15.8. The summed E-state index contributed by atoms with van der Waals surface area (Å²) in [6.45, 7) is 1.25. The van der Waals surface area contributed by atoms with Gasteiger partial charge in [0.2, 0.25) is 5.91 Å². The molecule has 2 amide bonds. The molecule has 0 aliphatic carbocycles. The van der Waals surface area contributed by atoms with Gasteiger partial charge in [0.15, 0.2) is 0 Å². The van der Waals surface area contributed by atoms with Gasteiger partial charge in [-0.3, -0.25) is 9.59 Å². The highest BCUT2D eigenvalue weighted by molar-refractivity contribution is 5.94. The van der Waals surface area contributed by atoms with Crippen LogP contribution in [0.5, 0.6) is 0 Å². The van der Waals surface area contributed by atoms with E-state index in [2.05, 4.69) is 10.6 Å². The summed E-state index contributed by atoms with van der Waals surface area (Å²) in [4.78, 5) is 25.7. The van der Waals surface area contributed by atoms with Gasteiger partial charge in [-0.1, -0.05) is 30.3 Å². The molecule has 0 radical (unpaired) electrons. The Labute approximate surface area is 159 Å². The maximum Gasteiger partial charge on any atom is 0.251 e. The highest BCUT2D eigenvalue weighted by Crippen LogP contribution is 2.12. The Kier molecular flexibility index (Phi) is 7.95. The first kappa shape index (κ1) is 20.6. The first-order valence-corrected chi connectivity index (χ1v) is 8.97. The Balaban J connectivity index is 1.67. The maximum absolute atomic E-state index is 14.0. The van der Waals surface area contributed by atoms with Gasteiger partial charge in [0, 0.05) is 37.2 Å². The summed E-state index contributed by atoms with van der Waals surface area (Å²) in [7, 11) is 3.77. The van der Waals surface area contributed by atoms with Crippen molar-refractivity contribution in [2.45, 2.75) is 25.9 Å². The number of nitrogens with one attached hydrogen (secondary N) is 2. The largest absolute Gasteiger partial charge is 0.352 e. The number of hydrogen-bond donors (Lipinski definition) is 2. The summed E-state index contributed by atoms with van der Waals surface area (Å²) in [6, 6.07) is 14.0. The lowest BCUT2D eigenvalue weighted by atomic mass is 10.1. The van der Waals surface area contributed by atoms with Crippen LogP contribution in [-0.2, 0) is 17.9 Å². The lowest BCUT2D eigenvalue weighted by molar-refractivity contribution is -0.121. The SMILES string of the molecule is CN(C)Cc1ccc(CNC(=O)CCCNC(=O)c2ccccc2)cc1F. The van der Waals surface area contributed by atoms with Gasteiger partial charge in [0.1, 0.15) is 5.82 Å². The molecule has 0 unspecified atom stereocenters. The molecule has 2 N–H and O–H groups in total. The monoisotopic (exact) mass is 371 g/mol. The van der Waals surface area contributed by atoms with Crippen molar-refractivity contribution >= 4 is 11.8 Å². The summed E-state index contributed by atoms with van der Waals surface area (Å²) in [6.07, 6.45) is 0.844. The van der Waals surface area contributed by atoms with Gasteiger partial charge in [0.05, 0.1) is 0 Å². The van der Waals surface area contributed by atoms with E-state index in [1.54, 1.807) is 30.3 Å². The third-order valence-electron chi connectivity index (χ3n) is 4.00. The molecule has 0 bridgehead atoms. The maximum atomic E-state index is 14.0. The minimum absolute atomic E-state index is 0.123. The Hall–Kier alpha value is -2.73. The average Bonchev–Trinajstić information content (AvgIpc) is 2.65. The van der Waals surface area contributed by atoms with Gasteiger partial charge in [-0.15, -0.1) is 0 Å². The van der Waals surface area contributed by atoms with Crippen molar-refractivity contribution < 1.29 is 14.0 Å². The van der Waals surface area contributed by atoms with Crippen molar-refractivity contribution in [2.24, 2.45) is 0 Å². The quantitative estimate of drug-likeness (QED) is 0.667. The molecule has 0 aliphatic rings. The van der Waals surface area contributed by atoms with Crippen molar-refractivity contribution in [1.82, 2.24) is 15.5 Å². The van der Waals surface area contributed by atoms with E-state index in [0.717, 1.165) is 5.56 Å². The van der Waals surface area contributed by atoms with E-state index in [1.807, 2.05) is 31.1 Å². The second-order valence-electron chi connectivity index (χ2n) is 6.67. The van der Waals surface area contributed by atoms with Crippen molar-refractivity contribution in [3.8, 4) is 0 Å². The molecular formula is C21H26FN3O2. The molecule has 0 aliphatic heterocycles. The number of benzene rings is 2. The standard InChI is InChI=1S/C21H26FN3O2/c1-25(2)15-18-11-10-16(13-19(18)22)14-24-20(26)9-6-12-23-21(27)17-7-4-3-5-8-17/h3-5,7-8,10-11,13H,6,9,12,14-15H2,1-2H3,(H,23,27)(H,24,26). The Morgan fingerprint density at radius 2 is 1.78 bits per heavy atom. The first-order valence-electron chi connectivity index (χ1n) is 8.97. The lowest BCUT2D eigenvalue weighted by Crippen LogP contribution is -2.27. The predicted molar refractivity (Wildman–Crippen MR) is 104 cm³/mol. The average molecular weight is 371 g/mol. The molecule has 27 heavy (non-hydrogen) atoms. The van der Waals surface area contributed by atoms with Gasteiger partial charge in [-0.25, -0.2) is 4.39 Å². The van der Waals surface area contributed by atoms with Crippen LogP contribution in [0.3, 0.4) is 0 Å². The molecule has 144 valence electrons. The smallest absolute Gasteiger partial charge is 0.251 e.